The summed E-state index contributed by atoms with van der Waals surface area (Å²) in [6.07, 6.45) is 2.48. The van der Waals surface area contributed by atoms with Crippen molar-refractivity contribution in [1.82, 2.24) is 5.32 Å². The monoisotopic (exact) mass is 337 g/mol. The quantitative estimate of drug-likeness (QED) is 0.895. The van der Waals surface area contributed by atoms with Gasteiger partial charge in [0.2, 0.25) is 0 Å². The molecule has 3 rings (SSSR count). The van der Waals surface area contributed by atoms with Crippen molar-refractivity contribution in [3.8, 4) is 0 Å². The van der Waals surface area contributed by atoms with Crippen molar-refractivity contribution >= 4 is 34.4 Å². The lowest BCUT2D eigenvalue weighted by molar-refractivity contribution is -0.156. The highest BCUT2D eigenvalue weighted by atomic mass is 35.5. The first-order valence-electron chi connectivity index (χ1n) is 7.28. The van der Waals surface area contributed by atoms with Crippen LogP contribution < -0.4 is 5.32 Å². The molecule has 0 bridgehead atoms. The molecule has 1 unspecified atom stereocenters. The molecule has 7 heteroatoms. The Morgan fingerprint density at radius 1 is 1.39 bits per heavy atom. The van der Waals surface area contributed by atoms with Gasteiger partial charge in [-0.25, -0.2) is 0 Å². The Labute approximate surface area is 137 Å². The predicted octanol–water partition coefficient (Wildman–Crippen LogP) is 2.70. The number of carbonyl (C=O) groups is 2. The summed E-state index contributed by atoms with van der Waals surface area (Å²) in [5.41, 5.74) is -0.196. The molecule has 1 aliphatic rings. The normalized spacial score (nSPS) is 21.3. The molecule has 0 spiro atoms. The minimum absolute atomic E-state index is 0.00834. The first kappa shape index (κ1) is 15.8. The van der Waals surface area contributed by atoms with E-state index in [1.165, 1.54) is 6.26 Å². The van der Waals surface area contributed by atoms with Crippen molar-refractivity contribution in [2.45, 2.75) is 12.8 Å². The van der Waals surface area contributed by atoms with Crippen LogP contribution >= 0.6 is 11.6 Å². The van der Waals surface area contributed by atoms with Crippen molar-refractivity contribution in [1.29, 1.82) is 0 Å². The Kier molecular flexibility index (Phi) is 4.28. The molecule has 0 saturated carbocycles. The number of benzene rings is 1. The van der Waals surface area contributed by atoms with Gasteiger partial charge in [0.05, 0.1) is 12.2 Å². The third-order valence-corrected chi connectivity index (χ3v) is 4.38. The number of furan rings is 1. The smallest absolute Gasteiger partial charge is 0.313 e. The summed E-state index contributed by atoms with van der Waals surface area (Å²) in [4.78, 5) is 24.0. The molecule has 122 valence electrons. The maximum atomic E-state index is 12.4. The predicted molar refractivity (Wildman–Crippen MR) is 83.7 cm³/mol. The van der Waals surface area contributed by atoms with E-state index in [1.54, 1.807) is 18.2 Å². The molecule has 23 heavy (non-hydrogen) atoms. The number of carbonyl (C=O) groups excluding carboxylic acids is 1. The Morgan fingerprint density at radius 3 is 2.91 bits per heavy atom. The van der Waals surface area contributed by atoms with Crippen LogP contribution in [0.2, 0.25) is 5.02 Å². The molecule has 1 aliphatic heterocycles. The highest BCUT2D eigenvalue weighted by Gasteiger charge is 2.41. The number of nitrogens with one attached hydrogen (secondary N) is 1. The highest BCUT2D eigenvalue weighted by molar-refractivity contribution is 6.31. The lowest BCUT2D eigenvalue weighted by Crippen LogP contribution is -2.48. The van der Waals surface area contributed by atoms with E-state index in [-0.39, 0.29) is 13.2 Å². The third-order valence-electron chi connectivity index (χ3n) is 4.14. The third kappa shape index (κ3) is 3.04. The van der Waals surface area contributed by atoms with Crippen LogP contribution in [0.15, 0.2) is 28.9 Å². The number of aliphatic carboxylic acids is 1. The summed E-state index contributed by atoms with van der Waals surface area (Å²) in [5.74, 6) is -1.35. The maximum absolute atomic E-state index is 12.4. The van der Waals surface area contributed by atoms with E-state index in [2.05, 4.69) is 5.32 Å². The lowest BCUT2D eigenvalue weighted by atomic mass is 9.82. The molecule has 1 saturated heterocycles. The van der Waals surface area contributed by atoms with Crippen LogP contribution in [-0.4, -0.2) is 36.7 Å². The molecule has 1 aromatic carbocycles. The lowest BCUT2D eigenvalue weighted by Gasteiger charge is -2.32. The van der Waals surface area contributed by atoms with Gasteiger partial charge in [-0.05, 0) is 31.0 Å². The van der Waals surface area contributed by atoms with E-state index in [0.717, 1.165) is 0 Å². The molecule has 2 N–H and O–H groups in total. The van der Waals surface area contributed by atoms with Gasteiger partial charge < -0.3 is 19.6 Å². The van der Waals surface area contributed by atoms with Gasteiger partial charge in [0, 0.05) is 23.6 Å². The van der Waals surface area contributed by atoms with Crippen LogP contribution in [0.4, 0.5) is 0 Å². The van der Waals surface area contributed by atoms with Crippen molar-refractivity contribution in [2.24, 2.45) is 5.41 Å². The number of halogens is 1. The molecule has 0 radical (unpaired) electrons. The van der Waals surface area contributed by atoms with Gasteiger partial charge in [0.1, 0.15) is 17.3 Å². The van der Waals surface area contributed by atoms with E-state index < -0.39 is 17.3 Å². The summed E-state index contributed by atoms with van der Waals surface area (Å²) in [5, 5.41) is 13.3. The van der Waals surface area contributed by atoms with E-state index >= 15 is 0 Å². The number of carboxylic acids is 1. The molecule has 2 heterocycles. The van der Waals surface area contributed by atoms with Crippen LogP contribution in [0.3, 0.4) is 0 Å². The van der Waals surface area contributed by atoms with Crippen molar-refractivity contribution < 1.29 is 23.8 Å². The Hall–Kier alpha value is -2.05. The molecule has 6 nitrogen and oxygen atoms in total. The van der Waals surface area contributed by atoms with Gasteiger partial charge in [-0.1, -0.05) is 11.6 Å². The number of hydrogen-bond donors (Lipinski definition) is 2. The molecule has 1 amide bonds. The first-order chi connectivity index (χ1) is 11.0. The van der Waals surface area contributed by atoms with E-state index in [0.29, 0.717) is 41.0 Å². The van der Waals surface area contributed by atoms with Crippen molar-refractivity contribution in [3.63, 3.8) is 0 Å². The highest BCUT2D eigenvalue weighted by Crippen LogP contribution is 2.29. The number of rotatable bonds is 4. The standard InChI is InChI=1S/C16H16ClNO5/c17-10-2-3-13-11(6-10)12(7-23-13)14(19)18-8-16(15(20)21)4-1-5-22-9-16/h2-3,6-7H,1,4-5,8-9H2,(H,18,19)(H,20,21). The van der Waals surface area contributed by atoms with Crippen molar-refractivity contribution in [3.05, 3.63) is 35.0 Å². The van der Waals surface area contributed by atoms with Crippen molar-refractivity contribution in [2.75, 3.05) is 19.8 Å². The van der Waals surface area contributed by atoms with Crippen LogP contribution in [0, 0.1) is 5.41 Å². The Morgan fingerprint density at radius 2 is 2.22 bits per heavy atom. The summed E-state index contributed by atoms with van der Waals surface area (Å²) >= 11 is 5.95. The molecule has 1 fully saturated rings. The second-order valence-electron chi connectivity index (χ2n) is 5.71. The number of fused-ring (bicyclic) bond motifs is 1. The number of carboxylic acid groups (broad SMARTS) is 1. The topological polar surface area (TPSA) is 88.8 Å². The van der Waals surface area contributed by atoms with Gasteiger partial charge >= 0.3 is 5.97 Å². The first-order valence-corrected chi connectivity index (χ1v) is 7.66. The molecular weight excluding hydrogens is 322 g/mol. The fourth-order valence-corrected chi connectivity index (χ4v) is 2.93. The van der Waals surface area contributed by atoms with E-state index in [1.807, 2.05) is 0 Å². The Bertz CT molecular complexity index is 748. The van der Waals surface area contributed by atoms with Gasteiger partial charge in [0.15, 0.2) is 0 Å². The Balaban J connectivity index is 1.78. The molecular formula is C16H16ClNO5. The fourth-order valence-electron chi connectivity index (χ4n) is 2.76. The summed E-state index contributed by atoms with van der Waals surface area (Å²) in [6, 6.07) is 5.00. The number of hydrogen-bond acceptors (Lipinski definition) is 4. The van der Waals surface area contributed by atoms with Crippen LogP contribution in [-0.2, 0) is 9.53 Å². The summed E-state index contributed by atoms with van der Waals surface area (Å²) in [7, 11) is 0. The molecule has 2 aromatic rings. The SMILES string of the molecule is O=C(NCC1(C(=O)O)CCCOC1)c1coc2ccc(Cl)cc12. The van der Waals surface area contributed by atoms with Gasteiger partial charge in [0.25, 0.3) is 5.91 Å². The minimum Gasteiger partial charge on any atom is -0.481 e. The van der Waals surface area contributed by atoms with E-state index in [4.69, 9.17) is 20.8 Å². The molecule has 1 aromatic heterocycles. The second kappa shape index (κ2) is 6.22. The van der Waals surface area contributed by atoms with Gasteiger partial charge in [-0.2, -0.15) is 0 Å². The summed E-state index contributed by atoms with van der Waals surface area (Å²) in [6.45, 7) is 0.656. The van der Waals surface area contributed by atoms with Crippen LogP contribution in [0.5, 0.6) is 0 Å². The number of amides is 1. The second-order valence-corrected chi connectivity index (χ2v) is 6.15. The maximum Gasteiger partial charge on any atom is 0.313 e. The van der Waals surface area contributed by atoms with Crippen LogP contribution in [0.25, 0.3) is 11.0 Å². The fraction of sp³-hybridized carbons (Fsp3) is 0.375. The average molecular weight is 338 g/mol. The summed E-state index contributed by atoms with van der Waals surface area (Å²) < 4.78 is 10.6. The number of ether oxygens (including phenoxy) is 1. The minimum atomic E-state index is -1.08. The zero-order valence-corrected chi connectivity index (χ0v) is 13.1. The average Bonchev–Trinajstić information content (AvgIpc) is 2.96. The molecule has 1 atom stereocenters. The van der Waals surface area contributed by atoms with Crippen LogP contribution in [0.1, 0.15) is 23.2 Å². The zero-order chi connectivity index (χ0) is 16.4. The molecule has 0 aliphatic carbocycles. The zero-order valence-electron chi connectivity index (χ0n) is 12.3. The van der Waals surface area contributed by atoms with E-state index in [9.17, 15) is 14.7 Å². The van der Waals surface area contributed by atoms with Gasteiger partial charge in [-0.15, -0.1) is 0 Å². The van der Waals surface area contributed by atoms with Gasteiger partial charge in [-0.3, -0.25) is 9.59 Å². The largest absolute Gasteiger partial charge is 0.481 e.